The Morgan fingerprint density at radius 1 is 1.24 bits per heavy atom. The third-order valence-electron chi connectivity index (χ3n) is 7.15. The fraction of sp³-hybridized carbons (Fsp3) is 0.652. The van der Waals surface area contributed by atoms with Crippen LogP contribution in [0.1, 0.15) is 34.1 Å². The van der Waals surface area contributed by atoms with E-state index in [1.807, 2.05) is 32.9 Å². The first kappa shape index (κ1) is 20.5. The lowest BCUT2D eigenvalue weighted by Gasteiger charge is -2.45. The van der Waals surface area contributed by atoms with Gasteiger partial charge in [0, 0.05) is 24.9 Å². The Labute approximate surface area is 171 Å². The van der Waals surface area contributed by atoms with E-state index in [1.165, 1.54) is 7.11 Å². The van der Waals surface area contributed by atoms with Crippen LogP contribution in [0.4, 0.5) is 0 Å². The zero-order chi connectivity index (χ0) is 21.1. The summed E-state index contributed by atoms with van der Waals surface area (Å²) in [6, 6.07) is 0. The summed E-state index contributed by atoms with van der Waals surface area (Å²) in [5, 5.41) is 10.2. The molecule has 4 rings (SSSR count). The highest BCUT2D eigenvalue weighted by Gasteiger charge is 2.64. The van der Waals surface area contributed by atoms with E-state index in [-0.39, 0.29) is 35.6 Å². The summed E-state index contributed by atoms with van der Waals surface area (Å²) >= 11 is 0. The molecule has 1 saturated heterocycles. The number of esters is 1. The van der Waals surface area contributed by atoms with Crippen LogP contribution in [0.5, 0.6) is 0 Å². The lowest BCUT2D eigenvalue weighted by atomic mass is 9.60. The first-order valence-corrected chi connectivity index (χ1v) is 10.4. The summed E-state index contributed by atoms with van der Waals surface area (Å²) in [6.07, 6.45) is 5.95. The van der Waals surface area contributed by atoms with Gasteiger partial charge >= 0.3 is 5.97 Å². The molecule has 1 fully saturated rings. The van der Waals surface area contributed by atoms with E-state index in [1.54, 1.807) is 6.92 Å². The zero-order valence-corrected chi connectivity index (χ0v) is 17.6. The smallest absolute Gasteiger partial charge is 0.335 e. The predicted octanol–water partition coefficient (Wildman–Crippen LogP) is 2.37. The summed E-state index contributed by atoms with van der Waals surface area (Å²) in [6.45, 7) is 7.36. The molecule has 4 aliphatic rings. The molecule has 158 valence electrons. The van der Waals surface area contributed by atoms with Gasteiger partial charge in [0.1, 0.15) is 11.7 Å². The molecule has 2 heterocycles. The molecule has 6 heteroatoms. The second-order valence-electron chi connectivity index (χ2n) is 8.95. The van der Waals surface area contributed by atoms with Gasteiger partial charge in [0.05, 0.1) is 18.1 Å². The molecular weight excluding hydrogens is 372 g/mol. The van der Waals surface area contributed by atoms with Gasteiger partial charge in [0.25, 0.3) is 0 Å². The SMILES string of the molecule is CO[C@H]1C[C@H]2C=C[C@H]3[C@@H]4C=C(C)C(=O)[C@H]3[C@]2(O4)/C(C)=C/[C@@H](C)[C@@H]([C@@H](C)O)OC1=O. The molecule has 1 N–H and O–H groups in total. The van der Waals surface area contributed by atoms with Crippen LogP contribution < -0.4 is 0 Å². The van der Waals surface area contributed by atoms with Crippen molar-refractivity contribution in [3.05, 3.63) is 35.5 Å². The largest absolute Gasteiger partial charge is 0.457 e. The molecular formula is C23H30O6. The number of carbonyl (C=O) groups excluding carboxylic acids is 2. The van der Waals surface area contributed by atoms with Gasteiger partial charge in [0.2, 0.25) is 0 Å². The maximum absolute atomic E-state index is 13.2. The van der Waals surface area contributed by atoms with E-state index in [0.717, 1.165) is 11.1 Å². The number of hydrogen-bond acceptors (Lipinski definition) is 6. The van der Waals surface area contributed by atoms with E-state index < -0.39 is 29.9 Å². The number of aliphatic hydroxyl groups excluding tert-OH is 1. The molecule has 0 saturated carbocycles. The third kappa shape index (κ3) is 2.95. The maximum Gasteiger partial charge on any atom is 0.335 e. The van der Waals surface area contributed by atoms with Crippen molar-refractivity contribution in [3.8, 4) is 0 Å². The minimum Gasteiger partial charge on any atom is -0.457 e. The number of carbonyl (C=O) groups is 2. The number of allylic oxidation sites excluding steroid dienone is 1. The first-order valence-electron chi connectivity index (χ1n) is 10.4. The minimum atomic E-state index is -0.837. The van der Waals surface area contributed by atoms with Gasteiger partial charge in [-0.15, -0.1) is 0 Å². The number of ether oxygens (including phenoxy) is 3. The van der Waals surface area contributed by atoms with Gasteiger partial charge in [0.15, 0.2) is 11.9 Å². The lowest BCUT2D eigenvalue weighted by molar-refractivity contribution is -0.171. The predicted molar refractivity (Wildman–Crippen MR) is 106 cm³/mol. The van der Waals surface area contributed by atoms with Crippen LogP contribution in [0, 0.1) is 23.7 Å². The van der Waals surface area contributed by atoms with Crippen molar-refractivity contribution in [2.24, 2.45) is 23.7 Å². The minimum absolute atomic E-state index is 0.00422. The molecule has 2 aliphatic heterocycles. The average Bonchev–Trinajstić information content (AvgIpc) is 2.82. The molecule has 9 atom stereocenters. The second kappa shape index (κ2) is 7.18. The van der Waals surface area contributed by atoms with Crippen molar-refractivity contribution in [2.75, 3.05) is 7.11 Å². The number of methoxy groups -OCH3 is 1. The Balaban J connectivity index is 1.87. The first-order chi connectivity index (χ1) is 13.7. The number of rotatable bonds is 2. The number of Topliss-reactive ketones (excluding diaryl/α,β-unsaturated/α-hetero) is 1. The topological polar surface area (TPSA) is 82.1 Å². The Morgan fingerprint density at radius 2 is 1.97 bits per heavy atom. The fourth-order valence-electron chi connectivity index (χ4n) is 5.76. The van der Waals surface area contributed by atoms with Crippen molar-refractivity contribution >= 4 is 11.8 Å². The number of ketones is 1. The van der Waals surface area contributed by atoms with Crippen molar-refractivity contribution < 1.29 is 28.9 Å². The lowest BCUT2D eigenvalue weighted by Crippen LogP contribution is -2.52. The molecule has 1 spiro atoms. The molecule has 0 aromatic rings. The monoisotopic (exact) mass is 402 g/mol. The molecule has 4 bridgehead atoms. The highest BCUT2D eigenvalue weighted by molar-refractivity contribution is 6.00. The van der Waals surface area contributed by atoms with E-state index in [4.69, 9.17) is 14.2 Å². The van der Waals surface area contributed by atoms with Crippen LogP contribution >= 0.6 is 0 Å². The number of aliphatic hydroxyl groups is 1. The Hall–Kier alpha value is -1.76. The van der Waals surface area contributed by atoms with Crippen LogP contribution in [-0.4, -0.2) is 54.0 Å². The van der Waals surface area contributed by atoms with Gasteiger partial charge < -0.3 is 19.3 Å². The quantitative estimate of drug-likeness (QED) is 0.564. The van der Waals surface area contributed by atoms with Gasteiger partial charge in [-0.05, 0) is 44.4 Å². The Morgan fingerprint density at radius 3 is 2.62 bits per heavy atom. The van der Waals surface area contributed by atoms with Crippen molar-refractivity contribution in [3.63, 3.8) is 0 Å². The standard InChI is InChI=1S/C23H30O6/c1-11-9-17-16-7-6-15-10-18(27-5)22(26)28-21(14(4)24)12(2)8-13(3)23(15,29-17)19(16)20(11)25/h6-9,12,14-19,21,24H,10H2,1-5H3/b13-8+/t12-,14-,15-,16+,17+,18+,19+,21+,23+/m1/s1. The molecule has 2 aliphatic carbocycles. The molecule has 29 heavy (non-hydrogen) atoms. The van der Waals surface area contributed by atoms with Gasteiger partial charge in [-0.25, -0.2) is 4.79 Å². The van der Waals surface area contributed by atoms with E-state index in [0.29, 0.717) is 6.42 Å². The molecule has 0 aromatic carbocycles. The summed E-state index contributed by atoms with van der Waals surface area (Å²) < 4.78 is 17.8. The molecule has 0 amide bonds. The van der Waals surface area contributed by atoms with Crippen LogP contribution in [-0.2, 0) is 23.8 Å². The van der Waals surface area contributed by atoms with Crippen LogP contribution in [0.3, 0.4) is 0 Å². The Bertz CT molecular complexity index is 808. The van der Waals surface area contributed by atoms with E-state index >= 15 is 0 Å². The molecule has 6 nitrogen and oxygen atoms in total. The van der Waals surface area contributed by atoms with Gasteiger partial charge in [-0.2, -0.15) is 0 Å². The number of cyclic esters (lactones) is 1. The average molecular weight is 402 g/mol. The molecule has 0 unspecified atom stereocenters. The van der Waals surface area contributed by atoms with Crippen LogP contribution in [0.2, 0.25) is 0 Å². The maximum atomic E-state index is 13.2. The normalized spacial score (nSPS) is 46.9. The van der Waals surface area contributed by atoms with Crippen LogP contribution in [0.15, 0.2) is 35.5 Å². The molecule has 0 aromatic heterocycles. The zero-order valence-electron chi connectivity index (χ0n) is 17.6. The van der Waals surface area contributed by atoms with Crippen molar-refractivity contribution in [1.29, 1.82) is 0 Å². The van der Waals surface area contributed by atoms with Crippen molar-refractivity contribution in [2.45, 2.75) is 64.1 Å². The summed E-state index contributed by atoms with van der Waals surface area (Å²) in [5.41, 5.74) is 0.873. The van der Waals surface area contributed by atoms with Crippen molar-refractivity contribution in [1.82, 2.24) is 0 Å². The van der Waals surface area contributed by atoms with E-state index in [2.05, 4.69) is 12.2 Å². The van der Waals surface area contributed by atoms with Gasteiger partial charge in [-0.1, -0.05) is 25.2 Å². The van der Waals surface area contributed by atoms with Crippen LogP contribution in [0.25, 0.3) is 0 Å². The molecule has 0 radical (unpaired) electrons. The summed E-state index contributed by atoms with van der Waals surface area (Å²) in [7, 11) is 1.48. The Kier molecular flexibility index (Phi) is 5.08. The third-order valence-corrected chi connectivity index (χ3v) is 7.15. The highest BCUT2D eigenvalue weighted by atomic mass is 16.6. The van der Waals surface area contributed by atoms with Gasteiger partial charge in [-0.3, -0.25) is 4.79 Å². The highest BCUT2D eigenvalue weighted by Crippen LogP contribution is 2.58. The summed E-state index contributed by atoms with van der Waals surface area (Å²) in [4.78, 5) is 26.0. The van der Waals surface area contributed by atoms with E-state index in [9.17, 15) is 14.7 Å². The second-order valence-corrected chi connectivity index (χ2v) is 8.95. The fourth-order valence-corrected chi connectivity index (χ4v) is 5.76. The number of hydrogen-bond donors (Lipinski definition) is 1. The summed E-state index contributed by atoms with van der Waals surface area (Å²) in [5.74, 6) is -1.13.